The number of aromatic nitrogens is 2. The summed E-state index contributed by atoms with van der Waals surface area (Å²) in [6, 6.07) is 21.0. The number of anilines is 1. The number of hydrogen-bond donors (Lipinski definition) is 2. The molecule has 2 aromatic carbocycles. The molecule has 3 aliphatic rings. The summed E-state index contributed by atoms with van der Waals surface area (Å²) in [6.07, 6.45) is 2.44. The van der Waals surface area contributed by atoms with Crippen molar-refractivity contribution in [3.05, 3.63) is 66.4 Å². The monoisotopic (exact) mass is 461 g/mol. The molecule has 2 N–H and O–H groups in total. The van der Waals surface area contributed by atoms with Crippen molar-refractivity contribution in [2.24, 2.45) is 13.0 Å². The van der Waals surface area contributed by atoms with E-state index in [4.69, 9.17) is 22.1 Å². The summed E-state index contributed by atoms with van der Waals surface area (Å²) in [4.78, 5) is 2.63. The van der Waals surface area contributed by atoms with Gasteiger partial charge in [-0.05, 0) is 80.0 Å². The Balaban J connectivity index is 1.21. The van der Waals surface area contributed by atoms with Crippen molar-refractivity contribution in [3.63, 3.8) is 0 Å². The van der Waals surface area contributed by atoms with Crippen LogP contribution in [-0.2, 0) is 7.05 Å². The van der Waals surface area contributed by atoms with E-state index in [0.717, 1.165) is 42.3 Å². The number of nitrogens with one attached hydrogen (secondary N) is 2. The van der Waals surface area contributed by atoms with Crippen molar-refractivity contribution in [2.45, 2.75) is 24.8 Å². The normalized spacial score (nSPS) is 23.8. The molecule has 7 heteroatoms. The fraction of sp³-hybridized carbons (Fsp3) is 0.385. The van der Waals surface area contributed by atoms with E-state index < -0.39 is 0 Å². The number of methoxy groups -OCH3 is 1. The predicted octanol–water partition coefficient (Wildman–Crippen LogP) is 4.26. The first-order valence-electron chi connectivity index (χ1n) is 11.6. The summed E-state index contributed by atoms with van der Waals surface area (Å²) in [7, 11) is 3.77. The average Bonchev–Trinajstić information content (AvgIpc) is 3.25. The molecule has 172 valence electrons. The molecule has 4 heterocycles. The van der Waals surface area contributed by atoms with Crippen LogP contribution < -0.4 is 15.4 Å². The van der Waals surface area contributed by atoms with Gasteiger partial charge >= 0.3 is 0 Å². The van der Waals surface area contributed by atoms with E-state index in [1.54, 1.807) is 7.11 Å². The Morgan fingerprint density at radius 2 is 1.94 bits per heavy atom. The lowest BCUT2D eigenvalue weighted by Crippen LogP contribution is -2.56. The molecule has 3 aromatic rings. The second-order valence-corrected chi connectivity index (χ2v) is 9.46. The average molecular weight is 462 g/mol. The lowest BCUT2D eigenvalue weighted by atomic mass is 9.74. The van der Waals surface area contributed by atoms with Crippen LogP contribution in [-0.4, -0.2) is 52.6 Å². The van der Waals surface area contributed by atoms with E-state index in [9.17, 15) is 0 Å². The van der Waals surface area contributed by atoms with Gasteiger partial charge in [-0.15, -0.1) is 0 Å². The van der Waals surface area contributed by atoms with E-state index in [0.29, 0.717) is 23.0 Å². The molecule has 4 atom stereocenters. The van der Waals surface area contributed by atoms with Gasteiger partial charge < -0.3 is 15.4 Å². The summed E-state index contributed by atoms with van der Waals surface area (Å²) < 4.78 is 7.37. The highest BCUT2D eigenvalue weighted by Gasteiger charge is 2.41. The molecule has 3 aliphatic heterocycles. The molecule has 0 spiro atoms. The third kappa shape index (κ3) is 4.75. The SMILES string of the molecule is COc1ccc(-c2cc([C@@H]3CN4CC[C@H]3C[C@@H]4CNC(=S)Nc3ccccc3)n(C)n2)cc1. The molecule has 3 saturated heterocycles. The van der Waals surface area contributed by atoms with Crippen LogP contribution >= 0.6 is 12.2 Å². The Kier molecular flexibility index (Phi) is 6.33. The lowest BCUT2D eigenvalue weighted by Gasteiger charge is -2.50. The third-order valence-electron chi connectivity index (χ3n) is 7.09. The van der Waals surface area contributed by atoms with Gasteiger partial charge in [0.05, 0.1) is 12.8 Å². The van der Waals surface area contributed by atoms with Crippen molar-refractivity contribution in [2.75, 3.05) is 32.1 Å². The fourth-order valence-corrected chi connectivity index (χ4v) is 5.53. The molecular weight excluding hydrogens is 430 g/mol. The van der Waals surface area contributed by atoms with E-state index in [2.05, 4.69) is 45.5 Å². The Hall–Kier alpha value is -2.90. The number of fused-ring (bicyclic) bond motifs is 3. The van der Waals surface area contributed by atoms with Gasteiger partial charge in [0.1, 0.15) is 5.75 Å². The minimum Gasteiger partial charge on any atom is -0.497 e. The Labute approximate surface area is 200 Å². The first-order valence-corrected chi connectivity index (χ1v) is 12.0. The number of ether oxygens (including phenoxy) is 1. The van der Waals surface area contributed by atoms with Crippen LogP contribution in [0.25, 0.3) is 11.3 Å². The minimum atomic E-state index is 0.518. The Morgan fingerprint density at radius 1 is 1.15 bits per heavy atom. The quantitative estimate of drug-likeness (QED) is 0.535. The van der Waals surface area contributed by atoms with Gasteiger partial charge in [0, 0.05) is 49.0 Å². The van der Waals surface area contributed by atoms with Gasteiger partial charge in [0.15, 0.2) is 5.11 Å². The third-order valence-corrected chi connectivity index (χ3v) is 7.34. The zero-order valence-corrected chi connectivity index (χ0v) is 20.0. The number of aryl methyl sites for hydroxylation is 1. The molecule has 0 radical (unpaired) electrons. The number of rotatable bonds is 6. The van der Waals surface area contributed by atoms with Crippen LogP contribution in [0.5, 0.6) is 5.75 Å². The zero-order valence-electron chi connectivity index (χ0n) is 19.2. The topological polar surface area (TPSA) is 54.4 Å². The van der Waals surface area contributed by atoms with E-state index in [1.807, 2.05) is 42.5 Å². The first-order chi connectivity index (χ1) is 16.1. The van der Waals surface area contributed by atoms with E-state index in [-0.39, 0.29) is 0 Å². The summed E-state index contributed by atoms with van der Waals surface area (Å²) >= 11 is 5.51. The fourth-order valence-electron chi connectivity index (χ4n) is 5.32. The molecule has 2 bridgehead atoms. The minimum absolute atomic E-state index is 0.518. The molecule has 1 aromatic heterocycles. The van der Waals surface area contributed by atoms with Gasteiger partial charge in [-0.2, -0.15) is 5.10 Å². The van der Waals surface area contributed by atoms with Crippen LogP contribution in [0.2, 0.25) is 0 Å². The van der Waals surface area contributed by atoms with Crippen molar-refractivity contribution < 1.29 is 4.74 Å². The molecule has 0 amide bonds. The van der Waals surface area contributed by atoms with Crippen LogP contribution in [0.1, 0.15) is 24.5 Å². The van der Waals surface area contributed by atoms with Gasteiger partial charge in [-0.3, -0.25) is 9.58 Å². The molecule has 33 heavy (non-hydrogen) atoms. The van der Waals surface area contributed by atoms with Crippen molar-refractivity contribution in [1.82, 2.24) is 20.0 Å². The molecule has 6 nitrogen and oxygen atoms in total. The smallest absolute Gasteiger partial charge is 0.170 e. The number of piperidine rings is 3. The van der Waals surface area contributed by atoms with Gasteiger partial charge in [-0.25, -0.2) is 0 Å². The highest BCUT2D eigenvalue weighted by Crippen LogP contribution is 2.42. The summed E-state index contributed by atoms with van der Waals surface area (Å²) in [5.41, 5.74) is 4.51. The maximum atomic E-state index is 5.51. The van der Waals surface area contributed by atoms with Crippen molar-refractivity contribution in [1.29, 1.82) is 0 Å². The van der Waals surface area contributed by atoms with Crippen molar-refractivity contribution in [3.8, 4) is 17.0 Å². The molecule has 0 saturated carbocycles. The second-order valence-electron chi connectivity index (χ2n) is 9.05. The van der Waals surface area contributed by atoms with Crippen molar-refractivity contribution >= 4 is 23.0 Å². The zero-order chi connectivity index (χ0) is 22.8. The van der Waals surface area contributed by atoms with Crippen LogP contribution in [0.4, 0.5) is 5.69 Å². The molecular formula is C26H31N5OS. The molecule has 0 aliphatic carbocycles. The summed E-state index contributed by atoms with van der Waals surface area (Å²) in [6.45, 7) is 3.12. The maximum Gasteiger partial charge on any atom is 0.170 e. The standard InChI is InChI=1S/C26H31N5OS/c1-30-25(15-24(29-30)18-8-10-22(32-2)11-9-18)23-17-31-13-12-19(23)14-21(31)16-27-26(33)28-20-6-4-3-5-7-20/h3-11,15,19,21,23H,12-14,16-17H2,1-2H3,(H2,27,28,33)/t19-,21+,23+/m0/s1. The highest BCUT2D eigenvalue weighted by molar-refractivity contribution is 7.80. The number of para-hydroxylation sites is 1. The largest absolute Gasteiger partial charge is 0.497 e. The van der Waals surface area contributed by atoms with Gasteiger partial charge in [0.25, 0.3) is 0 Å². The molecule has 3 fully saturated rings. The number of nitrogens with zero attached hydrogens (tertiary/aromatic N) is 3. The summed E-state index contributed by atoms with van der Waals surface area (Å²) in [5.74, 6) is 2.07. The number of hydrogen-bond acceptors (Lipinski definition) is 4. The molecule has 6 rings (SSSR count). The molecule has 1 unspecified atom stereocenters. The van der Waals surface area contributed by atoms with Gasteiger partial charge in [0.2, 0.25) is 0 Å². The first kappa shape index (κ1) is 21.9. The van der Waals surface area contributed by atoms with Gasteiger partial charge in [-0.1, -0.05) is 18.2 Å². The van der Waals surface area contributed by atoms with Crippen LogP contribution in [0.15, 0.2) is 60.7 Å². The highest BCUT2D eigenvalue weighted by atomic mass is 32.1. The number of thiocarbonyl (C=S) groups is 1. The lowest BCUT2D eigenvalue weighted by molar-refractivity contribution is 0.0303. The second kappa shape index (κ2) is 9.53. The summed E-state index contributed by atoms with van der Waals surface area (Å²) in [5, 5.41) is 12.2. The number of benzene rings is 2. The predicted molar refractivity (Wildman–Crippen MR) is 137 cm³/mol. The van der Waals surface area contributed by atoms with E-state index in [1.165, 1.54) is 18.5 Å². The maximum absolute atomic E-state index is 5.51. The van der Waals surface area contributed by atoms with Crippen LogP contribution in [0.3, 0.4) is 0 Å². The van der Waals surface area contributed by atoms with Crippen LogP contribution in [0, 0.1) is 5.92 Å². The van der Waals surface area contributed by atoms with E-state index >= 15 is 0 Å². The Morgan fingerprint density at radius 3 is 2.64 bits per heavy atom. The Bertz CT molecular complexity index is 1100.